The molecule has 2 unspecified atom stereocenters. The number of hydrogen-bond acceptors (Lipinski definition) is 9. The Morgan fingerprint density at radius 2 is 2.00 bits per heavy atom. The molecule has 0 aliphatic carbocycles. The van der Waals surface area contributed by atoms with Crippen LogP contribution < -0.4 is 10.6 Å². The van der Waals surface area contributed by atoms with Crippen LogP contribution in [0.5, 0.6) is 0 Å². The lowest BCUT2D eigenvalue weighted by molar-refractivity contribution is -0.201. The summed E-state index contributed by atoms with van der Waals surface area (Å²) < 4.78 is 8.02. The summed E-state index contributed by atoms with van der Waals surface area (Å²) in [6, 6.07) is -0.927. The molecular weight excluding hydrogens is 567 g/mol. The van der Waals surface area contributed by atoms with Gasteiger partial charge in [-0.05, 0) is 23.8 Å². The van der Waals surface area contributed by atoms with E-state index in [0.29, 0.717) is 0 Å². The summed E-state index contributed by atoms with van der Waals surface area (Å²) in [5, 5.41) is 32.9. The lowest BCUT2D eigenvalue weighted by Gasteiger charge is -2.57. The summed E-state index contributed by atoms with van der Waals surface area (Å²) in [4.78, 5) is 61.3. The van der Waals surface area contributed by atoms with Gasteiger partial charge in [0.15, 0.2) is 6.04 Å². The minimum absolute atomic E-state index is 0.0208. The average molecular weight is 588 g/mol. The normalized spacial score (nSPS) is 23.8. The Morgan fingerprint density at radius 3 is 2.53 bits per heavy atom. The first-order valence-electron chi connectivity index (χ1n) is 10.1. The minimum Gasteiger partial charge on any atom is -0.480 e. The zero-order valence-corrected chi connectivity index (χ0v) is 21.6. The number of carbonyl (C=O) groups excluding carboxylic acids is 3. The maximum Gasteiger partial charge on any atom is 0.407 e. The summed E-state index contributed by atoms with van der Waals surface area (Å²) in [5.41, 5.74) is -1.61. The number of alkyl halides is 3. The number of carboxylic acids is 2. The number of alkyl carbamates (subject to hydrolysis) is 1. The molecule has 2 aliphatic heterocycles. The molecule has 0 bridgehead atoms. The van der Waals surface area contributed by atoms with E-state index >= 15 is 0 Å². The lowest BCUT2D eigenvalue weighted by atomic mass is 9.93. The number of halogens is 3. The van der Waals surface area contributed by atoms with Crippen molar-refractivity contribution >= 4 is 76.4 Å². The number of amides is 3. The van der Waals surface area contributed by atoms with Crippen molar-refractivity contribution in [1.82, 2.24) is 15.5 Å². The zero-order chi connectivity index (χ0) is 27.3. The number of aliphatic carboxylic acids is 2. The molecule has 13 nitrogen and oxygen atoms in total. The van der Waals surface area contributed by atoms with Crippen LogP contribution >= 0.6 is 46.6 Å². The molecule has 4 N–H and O–H groups in total. The van der Waals surface area contributed by atoms with Crippen molar-refractivity contribution < 1.29 is 43.7 Å². The van der Waals surface area contributed by atoms with Crippen LogP contribution in [-0.4, -0.2) is 85.7 Å². The summed E-state index contributed by atoms with van der Waals surface area (Å²) in [6.45, 7) is -0.614. The van der Waals surface area contributed by atoms with Gasteiger partial charge in [-0.1, -0.05) is 34.8 Å². The summed E-state index contributed by atoms with van der Waals surface area (Å²) >= 11 is 17.4. The van der Waals surface area contributed by atoms with Crippen LogP contribution in [0, 0.1) is 11.3 Å². The fourth-order valence-electron chi connectivity index (χ4n) is 3.53. The maximum absolute atomic E-state index is 12.9. The van der Waals surface area contributed by atoms with Gasteiger partial charge in [0, 0.05) is 13.5 Å². The van der Waals surface area contributed by atoms with Crippen molar-refractivity contribution in [2.45, 2.75) is 52.7 Å². The van der Waals surface area contributed by atoms with E-state index in [2.05, 4.69) is 15.4 Å². The number of fused-ring (bicyclic) bond motifs is 1. The Morgan fingerprint density at radius 1 is 1.33 bits per heavy atom. The molecule has 1 fully saturated rings. The van der Waals surface area contributed by atoms with Gasteiger partial charge in [0.1, 0.15) is 18.0 Å². The molecule has 1 saturated heterocycles. The number of β-lactam (4-membered cyclic amide) rings is 1. The van der Waals surface area contributed by atoms with Gasteiger partial charge < -0.3 is 35.2 Å². The third-order valence-electron chi connectivity index (χ3n) is 5.15. The third kappa shape index (κ3) is 6.86. The van der Waals surface area contributed by atoms with E-state index in [1.165, 1.54) is 12.5 Å². The molecule has 0 aromatic rings. The molecule has 0 radical (unpaired) electrons. The van der Waals surface area contributed by atoms with Gasteiger partial charge >= 0.3 is 18.0 Å². The third-order valence-corrected chi connectivity index (χ3v) is 6.73. The van der Waals surface area contributed by atoms with Crippen molar-refractivity contribution in [2.75, 3.05) is 13.7 Å². The molecule has 0 spiro atoms. The van der Waals surface area contributed by atoms with E-state index in [9.17, 15) is 34.2 Å². The number of carboxylic acid groups (broad SMARTS) is 2. The van der Waals surface area contributed by atoms with Gasteiger partial charge in [-0.25, -0.2) is 14.4 Å². The Labute approximate surface area is 224 Å². The second-order valence-electron chi connectivity index (χ2n) is 7.58. The van der Waals surface area contributed by atoms with Crippen LogP contribution in [-0.2, 0) is 28.7 Å². The van der Waals surface area contributed by atoms with Gasteiger partial charge in [0.05, 0.1) is 12.5 Å². The second kappa shape index (κ2) is 12.2. The molecule has 2 aliphatic rings. The fourth-order valence-corrected chi connectivity index (χ4v) is 5.01. The van der Waals surface area contributed by atoms with E-state index in [0.717, 1.165) is 16.7 Å². The van der Waals surface area contributed by atoms with Crippen LogP contribution in [0.4, 0.5) is 4.79 Å². The highest BCUT2D eigenvalue weighted by molar-refractivity contribution is 8.03. The molecule has 0 aromatic carbocycles. The van der Waals surface area contributed by atoms with Crippen LogP contribution in [0.2, 0.25) is 0 Å². The van der Waals surface area contributed by atoms with E-state index < -0.39 is 63.4 Å². The number of hydrogen-bond donors (Lipinski definition) is 4. The van der Waals surface area contributed by atoms with Crippen molar-refractivity contribution in [3.63, 3.8) is 0 Å². The van der Waals surface area contributed by atoms with Crippen LogP contribution in [0.3, 0.4) is 0 Å². The average Bonchev–Trinajstić information content (AvgIpc) is 2.79. The molecule has 0 aromatic heterocycles. The standard InChI is InChI=1S/C19H21Cl3N4O9S/c1-34-19(15(32)26-12(14(30)31)9(5-6-23)7-36-16(19)26)25-11(27)4-2-3-10(13(28)29)24-17(33)35-8-18(20,21)22/h7,10,12,16H,2-5,8H2,1H3,(H,24,33)(H,25,27)(H,28,29)(H,30,31)/t10?,12?,16-,19-/m0/s1. The first-order chi connectivity index (χ1) is 16.8. The number of carbonyl (C=O) groups is 5. The molecule has 17 heteroatoms. The molecule has 36 heavy (non-hydrogen) atoms. The predicted molar refractivity (Wildman–Crippen MR) is 126 cm³/mol. The summed E-state index contributed by atoms with van der Waals surface area (Å²) in [6.07, 6.45) is -1.77. The highest BCUT2D eigenvalue weighted by atomic mass is 35.6. The number of methoxy groups -OCH3 is 1. The van der Waals surface area contributed by atoms with Crippen molar-refractivity contribution in [1.29, 1.82) is 5.26 Å². The van der Waals surface area contributed by atoms with Gasteiger partial charge in [-0.15, -0.1) is 11.8 Å². The summed E-state index contributed by atoms with van der Waals surface area (Å²) in [7, 11) is 1.17. The number of ether oxygens (including phenoxy) is 2. The Kier molecular flexibility index (Phi) is 10.1. The van der Waals surface area contributed by atoms with Gasteiger partial charge in [-0.2, -0.15) is 5.26 Å². The number of rotatable bonds is 11. The van der Waals surface area contributed by atoms with Gasteiger partial charge in [0.25, 0.3) is 11.6 Å². The number of nitriles is 1. The van der Waals surface area contributed by atoms with E-state index in [1.54, 1.807) is 0 Å². The molecule has 3 amide bonds. The van der Waals surface area contributed by atoms with Crippen LogP contribution in [0.15, 0.2) is 11.0 Å². The number of nitrogens with one attached hydrogen (secondary N) is 2. The molecular formula is C19H21Cl3N4O9S. The topological polar surface area (TPSA) is 195 Å². The first-order valence-corrected chi connectivity index (χ1v) is 12.2. The van der Waals surface area contributed by atoms with Crippen LogP contribution in [0.1, 0.15) is 25.7 Å². The largest absolute Gasteiger partial charge is 0.480 e. The fraction of sp³-hybridized carbons (Fsp3) is 0.579. The van der Waals surface area contributed by atoms with Crippen molar-refractivity contribution in [3.05, 3.63) is 11.0 Å². The summed E-state index contributed by atoms with van der Waals surface area (Å²) in [5.74, 6) is -4.19. The van der Waals surface area contributed by atoms with Gasteiger partial charge in [0.2, 0.25) is 9.70 Å². The second-order valence-corrected chi connectivity index (χ2v) is 11.0. The lowest BCUT2D eigenvalue weighted by Crippen LogP contribution is -2.82. The molecule has 2 heterocycles. The van der Waals surface area contributed by atoms with E-state index in [4.69, 9.17) is 44.8 Å². The zero-order valence-electron chi connectivity index (χ0n) is 18.5. The SMILES string of the molecule is CO[C@@]1(NC(=O)CCCC(NC(=O)OCC(Cl)(Cl)Cl)C(=O)O)C(=O)N2C(C(=O)O)C(CC#N)=CS[C@H]21. The Bertz CT molecular complexity index is 1000. The Hall–Kier alpha value is -2.44. The predicted octanol–water partition coefficient (Wildman–Crippen LogP) is 1.33. The Balaban J connectivity index is 1.97. The van der Waals surface area contributed by atoms with Crippen molar-refractivity contribution in [2.24, 2.45) is 0 Å². The van der Waals surface area contributed by atoms with E-state index in [1.807, 2.05) is 6.07 Å². The molecule has 2 rings (SSSR count). The van der Waals surface area contributed by atoms with Crippen molar-refractivity contribution in [3.8, 4) is 6.07 Å². The quantitative estimate of drug-likeness (QED) is 0.155. The van der Waals surface area contributed by atoms with E-state index in [-0.39, 0.29) is 31.3 Å². The van der Waals surface area contributed by atoms with Gasteiger partial charge in [-0.3, -0.25) is 9.59 Å². The van der Waals surface area contributed by atoms with Crippen LogP contribution in [0.25, 0.3) is 0 Å². The number of nitrogens with zero attached hydrogens (tertiary/aromatic N) is 2. The molecule has 0 saturated carbocycles. The minimum atomic E-state index is -1.88. The monoisotopic (exact) mass is 586 g/mol. The first kappa shape index (κ1) is 29.8. The smallest absolute Gasteiger partial charge is 0.407 e. The highest BCUT2D eigenvalue weighted by Crippen LogP contribution is 2.46. The highest BCUT2D eigenvalue weighted by Gasteiger charge is 2.67. The number of thioether (sulfide) groups is 1. The molecule has 198 valence electrons. The maximum atomic E-state index is 12.9. The molecule has 4 atom stereocenters.